The lowest BCUT2D eigenvalue weighted by Crippen LogP contribution is -2.46. The third-order valence-corrected chi connectivity index (χ3v) is 5.47. The second-order valence-electron chi connectivity index (χ2n) is 5.97. The molecule has 4 nitrogen and oxygen atoms in total. The molecular weight excluding hydrogens is 366 g/mol. The highest BCUT2D eigenvalue weighted by atomic mass is 32.2. The Kier molecular flexibility index (Phi) is 8.58. The highest BCUT2D eigenvalue weighted by Gasteiger charge is 2.24. The molecule has 0 aliphatic heterocycles. The van der Waals surface area contributed by atoms with E-state index in [1.54, 1.807) is 0 Å². The molecule has 0 aromatic heterocycles. The number of carbonyl (C=O) groups excluding carboxylic acids is 1. The van der Waals surface area contributed by atoms with Crippen molar-refractivity contribution >= 4 is 36.3 Å². The Bertz CT molecular complexity index is 695. The highest BCUT2D eigenvalue weighted by Crippen LogP contribution is 2.15. The van der Waals surface area contributed by atoms with Crippen molar-refractivity contribution < 1.29 is 14.7 Å². The zero-order chi connectivity index (χ0) is 18.8. The first-order chi connectivity index (χ1) is 12.6. The Morgan fingerprint density at radius 2 is 1.58 bits per heavy atom. The fourth-order valence-electron chi connectivity index (χ4n) is 2.47. The van der Waals surface area contributed by atoms with Gasteiger partial charge in [0, 0.05) is 17.3 Å². The van der Waals surface area contributed by atoms with Crippen LogP contribution < -0.4 is 5.32 Å². The molecule has 2 aromatic rings. The lowest BCUT2D eigenvalue weighted by molar-refractivity contribution is -0.141. The molecule has 6 heteroatoms. The number of carboxylic acid groups (broad SMARTS) is 1. The molecule has 2 atom stereocenters. The molecule has 0 aliphatic carbocycles. The summed E-state index contributed by atoms with van der Waals surface area (Å²) in [4.78, 5) is 24.0. The minimum Gasteiger partial charge on any atom is -0.480 e. The molecule has 0 heterocycles. The lowest BCUT2D eigenvalue weighted by atomic mass is 10.00. The SMILES string of the molecule is O=C(N[C@@H](CSCc1ccccc1)C(=O)O)[C@H](CS)Cc1ccccc1. The van der Waals surface area contributed by atoms with Gasteiger partial charge in [0.05, 0.1) is 5.92 Å². The van der Waals surface area contributed by atoms with E-state index in [0.717, 1.165) is 11.1 Å². The molecule has 0 saturated carbocycles. The monoisotopic (exact) mass is 389 g/mol. The first-order valence-corrected chi connectivity index (χ1v) is 10.2. The van der Waals surface area contributed by atoms with Crippen LogP contribution in [0.5, 0.6) is 0 Å². The number of carboxylic acids is 1. The average molecular weight is 390 g/mol. The number of carbonyl (C=O) groups is 2. The summed E-state index contributed by atoms with van der Waals surface area (Å²) >= 11 is 5.76. The molecule has 2 aromatic carbocycles. The number of benzene rings is 2. The summed E-state index contributed by atoms with van der Waals surface area (Å²) in [6.45, 7) is 0. The van der Waals surface area contributed by atoms with Gasteiger partial charge in [-0.15, -0.1) is 0 Å². The van der Waals surface area contributed by atoms with Gasteiger partial charge >= 0.3 is 5.97 Å². The van der Waals surface area contributed by atoms with Crippen molar-refractivity contribution in [2.24, 2.45) is 5.92 Å². The predicted molar refractivity (Wildman–Crippen MR) is 110 cm³/mol. The van der Waals surface area contributed by atoms with Crippen LogP contribution in [0.25, 0.3) is 0 Å². The van der Waals surface area contributed by atoms with Crippen LogP contribution in [0.15, 0.2) is 60.7 Å². The van der Waals surface area contributed by atoms with Gasteiger partial charge in [0.25, 0.3) is 0 Å². The molecule has 0 fully saturated rings. The van der Waals surface area contributed by atoms with Gasteiger partial charge in [-0.1, -0.05) is 60.7 Å². The molecule has 0 aliphatic rings. The maximum atomic E-state index is 12.5. The summed E-state index contributed by atoms with van der Waals surface area (Å²) in [6.07, 6.45) is 0.541. The highest BCUT2D eigenvalue weighted by molar-refractivity contribution is 7.98. The van der Waals surface area contributed by atoms with Crippen molar-refractivity contribution in [1.82, 2.24) is 5.32 Å². The van der Waals surface area contributed by atoms with Crippen LogP contribution in [0.1, 0.15) is 11.1 Å². The van der Waals surface area contributed by atoms with Crippen molar-refractivity contribution in [3.8, 4) is 0 Å². The van der Waals surface area contributed by atoms with E-state index in [9.17, 15) is 14.7 Å². The minimum absolute atomic E-state index is 0.267. The standard InChI is InChI=1S/C20H23NO3S2/c22-19(17(12-25)11-15-7-3-1-4-8-15)21-18(20(23)24)14-26-13-16-9-5-2-6-10-16/h1-10,17-18,25H,11-14H2,(H,21,22)(H,23,24)/t17-,18-/m0/s1. The normalized spacial score (nSPS) is 13.0. The smallest absolute Gasteiger partial charge is 0.327 e. The van der Waals surface area contributed by atoms with E-state index in [1.807, 2.05) is 60.7 Å². The molecule has 0 bridgehead atoms. The van der Waals surface area contributed by atoms with Crippen LogP contribution >= 0.6 is 24.4 Å². The molecule has 0 radical (unpaired) electrons. The third-order valence-electron chi connectivity index (χ3n) is 3.93. The van der Waals surface area contributed by atoms with Crippen molar-refractivity contribution in [3.05, 3.63) is 71.8 Å². The number of hydrogen-bond donors (Lipinski definition) is 3. The Labute approximate surface area is 163 Å². The lowest BCUT2D eigenvalue weighted by Gasteiger charge is -2.19. The minimum atomic E-state index is -1.02. The zero-order valence-corrected chi connectivity index (χ0v) is 16.1. The van der Waals surface area contributed by atoms with Crippen LogP contribution in [-0.4, -0.2) is 34.5 Å². The maximum absolute atomic E-state index is 12.5. The van der Waals surface area contributed by atoms with Crippen molar-refractivity contribution in [3.63, 3.8) is 0 Å². The quantitative estimate of drug-likeness (QED) is 0.546. The predicted octanol–water partition coefficient (Wildman–Crippen LogP) is 3.28. The Hall–Kier alpha value is -1.92. The van der Waals surface area contributed by atoms with Crippen molar-refractivity contribution in [2.75, 3.05) is 11.5 Å². The number of rotatable bonds is 10. The van der Waals surface area contributed by atoms with Crippen LogP contribution in [0.4, 0.5) is 0 Å². The topological polar surface area (TPSA) is 66.4 Å². The fourth-order valence-corrected chi connectivity index (χ4v) is 3.77. The van der Waals surface area contributed by atoms with Crippen LogP contribution in [0, 0.1) is 5.92 Å². The van der Waals surface area contributed by atoms with Gasteiger partial charge in [0.1, 0.15) is 6.04 Å². The maximum Gasteiger partial charge on any atom is 0.327 e. The Morgan fingerprint density at radius 3 is 2.12 bits per heavy atom. The Balaban J connectivity index is 1.88. The van der Waals surface area contributed by atoms with E-state index in [-0.39, 0.29) is 11.8 Å². The molecule has 0 spiro atoms. The molecule has 2 rings (SSSR count). The average Bonchev–Trinajstić information content (AvgIpc) is 2.66. The second-order valence-corrected chi connectivity index (χ2v) is 7.36. The molecule has 26 heavy (non-hydrogen) atoms. The number of thiol groups is 1. The van der Waals surface area contributed by atoms with Crippen LogP contribution in [0.2, 0.25) is 0 Å². The molecule has 2 N–H and O–H groups in total. The number of hydrogen-bond acceptors (Lipinski definition) is 4. The summed E-state index contributed by atoms with van der Waals surface area (Å²) in [5.41, 5.74) is 2.16. The van der Waals surface area contributed by atoms with E-state index in [1.165, 1.54) is 11.8 Å². The van der Waals surface area contributed by atoms with Crippen molar-refractivity contribution in [1.29, 1.82) is 0 Å². The number of nitrogens with one attached hydrogen (secondary N) is 1. The van der Waals surface area contributed by atoms with E-state index in [2.05, 4.69) is 17.9 Å². The largest absolute Gasteiger partial charge is 0.480 e. The number of thioether (sulfide) groups is 1. The van der Waals surface area contributed by atoms with E-state index >= 15 is 0 Å². The van der Waals surface area contributed by atoms with Gasteiger partial charge in [0.2, 0.25) is 5.91 Å². The molecule has 0 saturated heterocycles. The number of aliphatic carboxylic acids is 1. The van der Waals surface area contributed by atoms with E-state index in [4.69, 9.17) is 0 Å². The summed E-state index contributed by atoms with van der Waals surface area (Å²) in [6, 6.07) is 18.6. The first-order valence-electron chi connectivity index (χ1n) is 8.39. The van der Waals surface area contributed by atoms with Gasteiger partial charge in [-0.2, -0.15) is 24.4 Å². The van der Waals surface area contributed by atoms with Crippen molar-refractivity contribution in [2.45, 2.75) is 18.2 Å². The summed E-state index contributed by atoms with van der Waals surface area (Å²) in [5, 5.41) is 12.1. The van der Waals surface area contributed by atoms with Gasteiger partial charge in [-0.05, 0) is 17.5 Å². The molecule has 0 unspecified atom stereocenters. The molecular formula is C20H23NO3S2. The van der Waals surface area contributed by atoms with Gasteiger partial charge < -0.3 is 10.4 Å². The molecule has 138 valence electrons. The van der Waals surface area contributed by atoms with Crippen LogP contribution in [-0.2, 0) is 21.8 Å². The summed E-state index contributed by atoms with van der Waals surface area (Å²) in [5.74, 6) is -0.250. The summed E-state index contributed by atoms with van der Waals surface area (Å²) < 4.78 is 0. The first kappa shape index (κ1) is 20.4. The second kappa shape index (κ2) is 10.9. The number of amides is 1. The van der Waals surface area contributed by atoms with Gasteiger partial charge in [-0.3, -0.25) is 4.79 Å². The van der Waals surface area contributed by atoms with Gasteiger partial charge in [0.15, 0.2) is 0 Å². The summed E-state index contributed by atoms with van der Waals surface area (Å²) in [7, 11) is 0. The fraction of sp³-hybridized carbons (Fsp3) is 0.300. The zero-order valence-electron chi connectivity index (χ0n) is 14.4. The van der Waals surface area contributed by atoms with Crippen LogP contribution in [0.3, 0.4) is 0 Å². The molecule has 1 amide bonds. The van der Waals surface area contributed by atoms with Gasteiger partial charge in [-0.25, -0.2) is 4.79 Å². The van der Waals surface area contributed by atoms with E-state index < -0.39 is 12.0 Å². The van der Waals surface area contributed by atoms with E-state index in [0.29, 0.717) is 23.7 Å². The third kappa shape index (κ3) is 6.77. The Morgan fingerprint density at radius 1 is 1.00 bits per heavy atom.